The van der Waals surface area contributed by atoms with Crippen LogP contribution >= 0.6 is 27.7 Å². The fraction of sp³-hybridized carbons (Fsp3) is 0.200. The Morgan fingerprint density at radius 3 is 2.57 bits per heavy atom. The van der Waals surface area contributed by atoms with Gasteiger partial charge in [-0.25, -0.2) is 4.98 Å². The van der Waals surface area contributed by atoms with E-state index in [-0.39, 0.29) is 5.91 Å². The number of carbonyl (C=O) groups excluding carboxylic acids is 1. The van der Waals surface area contributed by atoms with E-state index in [0.29, 0.717) is 11.4 Å². The maximum absolute atomic E-state index is 12.1. The summed E-state index contributed by atoms with van der Waals surface area (Å²) in [4.78, 5) is 16.3. The minimum Gasteiger partial charge on any atom is -0.481 e. The molecule has 110 valence electrons. The Bertz CT molecular complexity index is 602. The van der Waals surface area contributed by atoms with E-state index in [9.17, 15) is 4.79 Å². The molecule has 1 unspecified atom stereocenters. The van der Waals surface area contributed by atoms with Crippen molar-refractivity contribution in [3.8, 4) is 5.75 Å². The van der Waals surface area contributed by atoms with Crippen LogP contribution in [0.5, 0.6) is 5.75 Å². The largest absolute Gasteiger partial charge is 0.481 e. The predicted molar refractivity (Wildman–Crippen MR) is 88.9 cm³/mol. The van der Waals surface area contributed by atoms with Gasteiger partial charge in [-0.15, -0.1) is 11.8 Å². The summed E-state index contributed by atoms with van der Waals surface area (Å²) in [6.45, 7) is 1.71. The summed E-state index contributed by atoms with van der Waals surface area (Å²) in [7, 11) is 0. The van der Waals surface area contributed by atoms with Crippen LogP contribution in [0.2, 0.25) is 0 Å². The number of anilines is 1. The molecule has 1 aromatic carbocycles. The van der Waals surface area contributed by atoms with Crippen LogP contribution in [0.15, 0.2) is 52.1 Å². The van der Waals surface area contributed by atoms with E-state index in [2.05, 4.69) is 26.2 Å². The second-order valence-electron chi connectivity index (χ2n) is 4.29. The zero-order valence-electron chi connectivity index (χ0n) is 11.7. The predicted octanol–water partition coefficient (Wildman–Crippen LogP) is 3.97. The smallest absolute Gasteiger partial charge is 0.265 e. The highest BCUT2D eigenvalue weighted by molar-refractivity contribution is 9.10. The normalized spacial score (nSPS) is 11.8. The maximum atomic E-state index is 12.1. The molecule has 1 amide bonds. The SMILES string of the molecule is CSc1ccc(NC(=O)C(C)Oc2ccc(Br)cc2)cn1. The van der Waals surface area contributed by atoms with Crippen LogP contribution in [-0.4, -0.2) is 23.3 Å². The second kappa shape index (κ2) is 7.47. The van der Waals surface area contributed by atoms with Gasteiger partial charge in [0.15, 0.2) is 6.10 Å². The van der Waals surface area contributed by atoms with Crippen molar-refractivity contribution in [1.29, 1.82) is 0 Å². The maximum Gasteiger partial charge on any atom is 0.265 e. The molecule has 0 bridgehead atoms. The van der Waals surface area contributed by atoms with E-state index in [0.717, 1.165) is 9.50 Å². The zero-order valence-corrected chi connectivity index (χ0v) is 14.1. The van der Waals surface area contributed by atoms with Crippen LogP contribution in [-0.2, 0) is 4.79 Å². The molecule has 4 nitrogen and oxygen atoms in total. The van der Waals surface area contributed by atoms with Gasteiger partial charge in [-0.3, -0.25) is 4.79 Å². The van der Waals surface area contributed by atoms with Gasteiger partial charge in [0.25, 0.3) is 5.91 Å². The Kier molecular flexibility index (Phi) is 5.64. The molecule has 2 aromatic rings. The Hall–Kier alpha value is -1.53. The molecule has 0 spiro atoms. The molecule has 2 rings (SSSR count). The first-order chi connectivity index (χ1) is 10.1. The fourth-order valence-electron chi connectivity index (χ4n) is 1.59. The molecule has 0 aliphatic heterocycles. The van der Waals surface area contributed by atoms with Crippen molar-refractivity contribution >= 4 is 39.3 Å². The first-order valence-electron chi connectivity index (χ1n) is 6.31. The highest BCUT2D eigenvalue weighted by Gasteiger charge is 2.15. The van der Waals surface area contributed by atoms with Gasteiger partial charge in [0.2, 0.25) is 0 Å². The molecular formula is C15H15BrN2O2S. The monoisotopic (exact) mass is 366 g/mol. The summed E-state index contributed by atoms with van der Waals surface area (Å²) >= 11 is 4.91. The average Bonchev–Trinajstić information content (AvgIpc) is 2.50. The van der Waals surface area contributed by atoms with Gasteiger partial charge in [0.1, 0.15) is 5.75 Å². The third-order valence-corrected chi connectivity index (χ3v) is 3.90. The summed E-state index contributed by atoms with van der Waals surface area (Å²) < 4.78 is 6.56. The van der Waals surface area contributed by atoms with E-state index in [4.69, 9.17) is 4.74 Å². The van der Waals surface area contributed by atoms with Crippen LogP contribution in [0, 0.1) is 0 Å². The second-order valence-corrected chi connectivity index (χ2v) is 6.03. The third-order valence-electron chi connectivity index (χ3n) is 2.71. The number of rotatable bonds is 5. The first kappa shape index (κ1) is 15.9. The molecule has 1 atom stereocenters. The average molecular weight is 367 g/mol. The van der Waals surface area contributed by atoms with Gasteiger partial charge in [-0.2, -0.15) is 0 Å². The molecule has 21 heavy (non-hydrogen) atoms. The van der Waals surface area contributed by atoms with Crippen molar-refractivity contribution in [2.45, 2.75) is 18.1 Å². The number of pyridine rings is 1. The Morgan fingerprint density at radius 1 is 1.29 bits per heavy atom. The lowest BCUT2D eigenvalue weighted by Gasteiger charge is -2.14. The molecular weight excluding hydrogens is 352 g/mol. The molecule has 0 radical (unpaired) electrons. The van der Waals surface area contributed by atoms with E-state index >= 15 is 0 Å². The summed E-state index contributed by atoms with van der Waals surface area (Å²) in [6, 6.07) is 11.0. The molecule has 0 saturated carbocycles. The number of ether oxygens (including phenoxy) is 1. The van der Waals surface area contributed by atoms with E-state index < -0.39 is 6.10 Å². The van der Waals surface area contributed by atoms with Gasteiger partial charge >= 0.3 is 0 Å². The van der Waals surface area contributed by atoms with E-state index in [1.165, 1.54) is 0 Å². The lowest BCUT2D eigenvalue weighted by molar-refractivity contribution is -0.122. The van der Waals surface area contributed by atoms with Crippen molar-refractivity contribution in [1.82, 2.24) is 4.98 Å². The quantitative estimate of drug-likeness (QED) is 0.813. The molecule has 0 aliphatic carbocycles. The van der Waals surface area contributed by atoms with Crippen LogP contribution in [0.1, 0.15) is 6.92 Å². The van der Waals surface area contributed by atoms with Crippen molar-refractivity contribution in [2.75, 3.05) is 11.6 Å². The number of amides is 1. The minimum absolute atomic E-state index is 0.211. The number of carbonyl (C=O) groups is 1. The zero-order chi connectivity index (χ0) is 15.2. The van der Waals surface area contributed by atoms with Gasteiger partial charge in [-0.05, 0) is 49.6 Å². The van der Waals surface area contributed by atoms with Crippen molar-refractivity contribution in [3.63, 3.8) is 0 Å². The number of hydrogen-bond donors (Lipinski definition) is 1. The summed E-state index contributed by atoms with van der Waals surface area (Å²) in [5.74, 6) is 0.438. The highest BCUT2D eigenvalue weighted by Crippen LogP contribution is 2.18. The van der Waals surface area contributed by atoms with Gasteiger partial charge < -0.3 is 10.1 Å². The number of nitrogens with one attached hydrogen (secondary N) is 1. The Morgan fingerprint density at radius 2 is 2.00 bits per heavy atom. The number of nitrogens with zero attached hydrogens (tertiary/aromatic N) is 1. The topological polar surface area (TPSA) is 51.2 Å². The van der Waals surface area contributed by atoms with Crippen molar-refractivity contribution in [3.05, 3.63) is 47.1 Å². The van der Waals surface area contributed by atoms with Crippen LogP contribution in [0.3, 0.4) is 0 Å². The number of thioether (sulfide) groups is 1. The molecule has 0 saturated heterocycles. The molecule has 6 heteroatoms. The first-order valence-corrected chi connectivity index (χ1v) is 8.33. The summed E-state index contributed by atoms with van der Waals surface area (Å²) in [5, 5.41) is 3.69. The fourth-order valence-corrected chi connectivity index (χ4v) is 2.22. The van der Waals surface area contributed by atoms with Gasteiger partial charge in [0, 0.05) is 4.47 Å². The van der Waals surface area contributed by atoms with Crippen molar-refractivity contribution < 1.29 is 9.53 Å². The highest BCUT2D eigenvalue weighted by atomic mass is 79.9. The number of halogens is 1. The lowest BCUT2D eigenvalue weighted by atomic mass is 10.3. The Labute approximate surface area is 136 Å². The van der Waals surface area contributed by atoms with Gasteiger partial charge in [-0.1, -0.05) is 15.9 Å². The van der Waals surface area contributed by atoms with Crippen LogP contribution in [0.4, 0.5) is 5.69 Å². The summed E-state index contributed by atoms with van der Waals surface area (Å²) in [6.07, 6.45) is 3.00. The lowest BCUT2D eigenvalue weighted by Crippen LogP contribution is -2.30. The van der Waals surface area contributed by atoms with Crippen LogP contribution in [0.25, 0.3) is 0 Å². The van der Waals surface area contributed by atoms with Gasteiger partial charge in [0.05, 0.1) is 16.9 Å². The van der Waals surface area contributed by atoms with Crippen molar-refractivity contribution in [2.24, 2.45) is 0 Å². The number of hydrogen-bond acceptors (Lipinski definition) is 4. The molecule has 1 N–H and O–H groups in total. The minimum atomic E-state index is -0.591. The number of benzene rings is 1. The van der Waals surface area contributed by atoms with Crippen LogP contribution < -0.4 is 10.1 Å². The van der Waals surface area contributed by atoms with E-state index in [1.807, 2.05) is 42.7 Å². The molecule has 1 heterocycles. The molecule has 1 aromatic heterocycles. The molecule has 0 aliphatic rings. The standard InChI is InChI=1S/C15H15BrN2O2S/c1-10(20-13-6-3-11(16)4-7-13)15(19)18-12-5-8-14(21-2)17-9-12/h3-10H,1-2H3,(H,18,19). The Balaban J connectivity index is 1.93. The molecule has 0 fully saturated rings. The van der Waals surface area contributed by atoms with E-state index in [1.54, 1.807) is 24.9 Å². The third kappa shape index (κ3) is 4.75. The number of aromatic nitrogens is 1. The summed E-state index contributed by atoms with van der Waals surface area (Å²) in [5.41, 5.74) is 0.657.